The van der Waals surface area contributed by atoms with Crippen LogP contribution in [0.4, 0.5) is 0 Å². The predicted molar refractivity (Wildman–Crippen MR) is 81.7 cm³/mol. The molecule has 0 fully saturated rings. The molecule has 1 heterocycles. The van der Waals surface area contributed by atoms with Gasteiger partial charge in [0.1, 0.15) is 0 Å². The van der Waals surface area contributed by atoms with Gasteiger partial charge in [0.2, 0.25) is 0 Å². The minimum Gasteiger partial charge on any atom is -0.350 e. The quantitative estimate of drug-likeness (QED) is 0.846. The highest BCUT2D eigenvalue weighted by Crippen LogP contribution is 2.13. The van der Waals surface area contributed by atoms with Crippen molar-refractivity contribution in [1.29, 1.82) is 0 Å². The Morgan fingerprint density at radius 3 is 2.85 bits per heavy atom. The SMILES string of the molecule is CC(C)CCCC(C)NC(=O)c1ccc2cn[nH]c2c1. The van der Waals surface area contributed by atoms with Crippen molar-refractivity contribution in [2.75, 3.05) is 0 Å². The maximum absolute atomic E-state index is 12.2. The van der Waals surface area contributed by atoms with Crippen molar-refractivity contribution in [1.82, 2.24) is 15.5 Å². The molecule has 20 heavy (non-hydrogen) atoms. The van der Waals surface area contributed by atoms with Gasteiger partial charge in [0, 0.05) is 17.0 Å². The van der Waals surface area contributed by atoms with E-state index in [9.17, 15) is 4.79 Å². The number of rotatable bonds is 6. The number of benzene rings is 1. The van der Waals surface area contributed by atoms with E-state index >= 15 is 0 Å². The van der Waals surface area contributed by atoms with Crippen molar-refractivity contribution in [2.24, 2.45) is 5.92 Å². The summed E-state index contributed by atoms with van der Waals surface area (Å²) in [6.07, 6.45) is 5.14. The Morgan fingerprint density at radius 2 is 2.10 bits per heavy atom. The van der Waals surface area contributed by atoms with Crippen LogP contribution in [0, 0.1) is 5.92 Å². The lowest BCUT2D eigenvalue weighted by Crippen LogP contribution is -2.32. The van der Waals surface area contributed by atoms with Gasteiger partial charge >= 0.3 is 0 Å². The molecule has 4 nitrogen and oxygen atoms in total. The molecule has 0 aliphatic rings. The number of hydrogen-bond donors (Lipinski definition) is 2. The largest absolute Gasteiger partial charge is 0.350 e. The summed E-state index contributed by atoms with van der Waals surface area (Å²) in [7, 11) is 0. The number of nitrogens with one attached hydrogen (secondary N) is 2. The summed E-state index contributed by atoms with van der Waals surface area (Å²) in [6.45, 7) is 6.51. The molecule has 1 unspecified atom stereocenters. The molecular weight excluding hydrogens is 250 g/mol. The molecule has 1 atom stereocenters. The normalized spacial score (nSPS) is 12.8. The smallest absolute Gasteiger partial charge is 0.251 e. The van der Waals surface area contributed by atoms with Crippen molar-refractivity contribution in [3.63, 3.8) is 0 Å². The molecule has 1 aromatic carbocycles. The number of aromatic nitrogens is 2. The number of hydrogen-bond acceptors (Lipinski definition) is 2. The highest BCUT2D eigenvalue weighted by Gasteiger charge is 2.10. The van der Waals surface area contributed by atoms with Crippen LogP contribution in [0.2, 0.25) is 0 Å². The van der Waals surface area contributed by atoms with Crippen molar-refractivity contribution in [3.05, 3.63) is 30.0 Å². The second-order valence-corrected chi connectivity index (χ2v) is 5.87. The average Bonchev–Trinajstić information content (AvgIpc) is 2.85. The monoisotopic (exact) mass is 273 g/mol. The third kappa shape index (κ3) is 3.83. The van der Waals surface area contributed by atoms with Gasteiger partial charge in [-0.05, 0) is 31.4 Å². The fraction of sp³-hybridized carbons (Fsp3) is 0.500. The first kappa shape index (κ1) is 14.6. The van der Waals surface area contributed by atoms with E-state index in [1.807, 2.05) is 18.2 Å². The third-order valence-corrected chi connectivity index (χ3v) is 3.50. The van der Waals surface area contributed by atoms with Crippen LogP contribution >= 0.6 is 0 Å². The summed E-state index contributed by atoms with van der Waals surface area (Å²) < 4.78 is 0. The highest BCUT2D eigenvalue weighted by atomic mass is 16.1. The van der Waals surface area contributed by atoms with Gasteiger partial charge in [-0.1, -0.05) is 32.8 Å². The molecule has 1 aromatic heterocycles. The molecule has 2 N–H and O–H groups in total. The summed E-state index contributed by atoms with van der Waals surface area (Å²) in [4.78, 5) is 12.2. The molecule has 0 bridgehead atoms. The Morgan fingerprint density at radius 1 is 1.30 bits per heavy atom. The second kappa shape index (κ2) is 6.55. The first-order valence-electron chi connectivity index (χ1n) is 7.30. The number of carbonyl (C=O) groups excluding carboxylic acids is 1. The lowest BCUT2D eigenvalue weighted by atomic mass is 10.0. The van der Waals surface area contributed by atoms with Gasteiger partial charge in [0.25, 0.3) is 5.91 Å². The Balaban J connectivity index is 1.90. The van der Waals surface area contributed by atoms with E-state index in [-0.39, 0.29) is 11.9 Å². The van der Waals surface area contributed by atoms with Crippen LogP contribution in [0.3, 0.4) is 0 Å². The van der Waals surface area contributed by atoms with Gasteiger partial charge in [-0.15, -0.1) is 0 Å². The molecule has 2 rings (SSSR count). The van der Waals surface area contributed by atoms with Crippen LogP contribution in [0.5, 0.6) is 0 Å². The molecule has 1 amide bonds. The van der Waals surface area contributed by atoms with Gasteiger partial charge in [0.15, 0.2) is 0 Å². The van der Waals surface area contributed by atoms with Gasteiger partial charge < -0.3 is 5.32 Å². The van der Waals surface area contributed by atoms with Crippen LogP contribution in [0.25, 0.3) is 10.9 Å². The molecule has 2 aromatic rings. The predicted octanol–water partition coefficient (Wildman–Crippen LogP) is 3.51. The van der Waals surface area contributed by atoms with Crippen molar-refractivity contribution in [3.8, 4) is 0 Å². The molecule has 0 radical (unpaired) electrons. The molecule has 0 spiro atoms. The second-order valence-electron chi connectivity index (χ2n) is 5.87. The average molecular weight is 273 g/mol. The Bertz CT molecular complexity index is 574. The van der Waals surface area contributed by atoms with E-state index in [2.05, 4.69) is 36.3 Å². The van der Waals surface area contributed by atoms with Crippen LogP contribution in [-0.4, -0.2) is 22.1 Å². The van der Waals surface area contributed by atoms with Crippen LogP contribution in [0.1, 0.15) is 50.4 Å². The van der Waals surface area contributed by atoms with Gasteiger partial charge in [-0.2, -0.15) is 5.10 Å². The van der Waals surface area contributed by atoms with Gasteiger partial charge in [0.05, 0.1) is 11.7 Å². The number of amides is 1. The molecule has 0 saturated carbocycles. The zero-order valence-electron chi connectivity index (χ0n) is 12.4. The number of H-pyrrole nitrogens is 1. The molecular formula is C16H23N3O. The van der Waals surface area contributed by atoms with E-state index in [0.29, 0.717) is 5.56 Å². The zero-order chi connectivity index (χ0) is 14.5. The third-order valence-electron chi connectivity index (χ3n) is 3.50. The topological polar surface area (TPSA) is 57.8 Å². The Labute approximate surface area is 120 Å². The fourth-order valence-electron chi connectivity index (χ4n) is 2.29. The summed E-state index contributed by atoms with van der Waals surface area (Å²) in [5.74, 6) is 0.708. The highest BCUT2D eigenvalue weighted by molar-refractivity contribution is 5.97. The van der Waals surface area contributed by atoms with Crippen LogP contribution < -0.4 is 5.32 Å². The first-order valence-corrected chi connectivity index (χ1v) is 7.30. The molecule has 4 heteroatoms. The maximum Gasteiger partial charge on any atom is 0.251 e. The Kier molecular flexibility index (Phi) is 4.77. The first-order chi connectivity index (χ1) is 9.56. The van der Waals surface area contributed by atoms with Crippen molar-refractivity contribution in [2.45, 2.75) is 46.1 Å². The Hall–Kier alpha value is -1.84. The van der Waals surface area contributed by atoms with E-state index in [1.165, 1.54) is 6.42 Å². The summed E-state index contributed by atoms with van der Waals surface area (Å²) in [6, 6.07) is 5.81. The van der Waals surface area contributed by atoms with Crippen molar-refractivity contribution >= 4 is 16.8 Å². The molecule has 0 saturated heterocycles. The minimum absolute atomic E-state index is 0.0152. The van der Waals surface area contributed by atoms with E-state index < -0.39 is 0 Å². The van der Waals surface area contributed by atoms with E-state index in [1.54, 1.807) is 6.20 Å². The minimum atomic E-state index is -0.0152. The van der Waals surface area contributed by atoms with Crippen LogP contribution in [-0.2, 0) is 0 Å². The summed E-state index contributed by atoms with van der Waals surface area (Å²) >= 11 is 0. The zero-order valence-corrected chi connectivity index (χ0v) is 12.4. The van der Waals surface area contributed by atoms with E-state index in [4.69, 9.17) is 0 Å². The van der Waals surface area contributed by atoms with Gasteiger partial charge in [-0.25, -0.2) is 0 Å². The maximum atomic E-state index is 12.2. The summed E-state index contributed by atoms with van der Waals surface area (Å²) in [5.41, 5.74) is 1.57. The van der Waals surface area contributed by atoms with Gasteiger partial charge in [-0.3, -0.25) is 9.89 Å². The van der Waals surface area contributed by atoms with Crippen molar-refractivity contribution < 1.29 is 4.79 Å². The summed E-state index contributed by atoms with van der Waals surface area (Å²) in [5, 5.41) is 10.9. The van der Waals surface area contributed by atoms with Crippen LogP contribution in [0.15, 0.2) is 24.4 Å². The number of carbonyl (C=O) groups is 1. The van der Waals surface area contributed by atoms with E-state index in [0.717, 1.165) is 29.7 Å². The lowest BCUT2D eigenvalue weighted by molar-refractivity contribution is 0.0938. The molecule has 0 aliphatic carbocycles. The molecule has 0 aliphatic heterocycles. The number of nitrogens with zero attached hydrogens (tertiary/aromatic N) is 1. The number of aromatic amines is 1. The molecule has 108 valence electrons. The number of fused-ring (bicyclic) bond motifs is 1. The lowest BCUT2D eigenvalue weighted by Gasteiger charge is -2.14. The standard InChI is InChI=1S/C16H23N3O/c1-11(2)5-4-6-12(3)18-16(20)13-7-8-14-10-17-19-15(14)9-13/h7-12H,4-6H2,1-3H3,(H,17,19)(H,18,20). The fourth-order valence-corrected chi connectivity index (χ4v) is 2.29.